The Morgan fingerprint density at radius 2 is 1.72 bits per heavy atom. The van der Waals surface area contributed by atoms with Crippen LogP contribution in [0.25, 0.3) is 0 Å². The Morgan fingerprint density at radius 1 is 1.00 bits per heavy atom. The van der Waals surface area contributed by atoms with Crippen molar-refractivity contribution < 1.29 is 22.8 Å². The molecule has 1 unspecified atom stereocenters. The lowest BCUT2D eigenvalue weighted by atomic mass is 9.77. The molecule has 0 fully saturated rings. The number of rotatable bonds is 2. The van der Waals surface area contributed by atoms with Crippen molar-refractivity contribution in [2.45, 2.75) is 44.7 Å². The third-order valence-electron chi connectivity index (χ3n) is 5.59. The Morgan fingerprint density at radius 3 is 2.41 bits per heavy atom. The third-order valence-corrected chi connectivity index (χ3v) is 5.59. The molecule has 1 aliphatic carbocycles. The fourth-order valence-corrected chi connectivity index (χ4v) is 4.20. The zero-order chi connectivity index (χ0) is 20.8. The van der Waals surface area contributed by atoms with Crippen molar-refractivity contribution >= 4 is 17.4 Å². The van der Waals surface area contributed by atoms with Crippen molar-refractivity contribution in [3.63, 3.8) is 0 Å². The van der Waals surface area contributed by atoms with Gasteiger partial charge in [0, 0.05) is 35.7 Å². The summed E-state index contributed by atoms with van der Waals surface area (Å²) in [5, 5.41) is 0. The first kappa shape index (κ1) is 19.4. The number of hydrogen-bond donors (Lipinski definition) is 0. The minimum Gasteiger partial charge on any atom is -0.294 e. The van der Waals surface area contributed by atoms with Crippen molar-refractivity contribution in [1.82, 2.24) is 0 Å². The van der Waals surface area contributed by atoms with E-state index in [1.165, 1.54) is 17.0 Å². The van der Waals surface area contributed by atoms with Crippen LogP contribution >= 0.6 is 0 Å². The Balaban J connectivity index is 1.84. The van der Waals surface area contributed by atoms with Crippen LogP contribution in [-0.2, 0) is 15.8 Å². The number of anilines is 1. The molecule has 0 spiro atoms. The second-order valence-electron chi connectivity index (χ2n) is 7.58. The molecule has 150 valence electrons. The van der Waals surface area contributed by atoms with E-state index >= 15 is 0 Å². The average Bonchev–Trinajstić information content (AvgIpc) is 2.67. The minimum atomic E-state index is -4.50. The summed E-state index contributed by atoms with van der Waals surface area (Å²) in [6.45, 7) is 1.96. The van der Waals surface area contributed by atoms with Gasteiger partial charge in [-0.2, -0.15) is 13.2 Å². The number of halogens is 3. The van der Waals surface area contributed by atoms with E-state index in [-0.39, 0.29) is 29.7 Å². The zero-order valence-electron chi connectivity index (χ0n) is 15.9. The summed E-state index contributed by atoms with van der Waals surface area (Å²) in [7, 11) is 0. The molecule has 0 bridgehead atoms. The van der Waals surface area contributed by atoms with Gasteiger partial charge in [-0.3, -0.25) is 14.5 Å². The van der Waals surface area contributed by atoms with Crippen LogP contribution in [0.1, 0.15) is 48.3 Å². The van der Waals surface area contributed by atoms with Crippen molar-refractivity contribution in [2.24, 2.45) is 0 Å². The van der Waals surface area contributed by atoms with Gasteiger partial charge in [0.1, 0.15) is 0 Å². The van der Waals surface area contributed by atoms with E-state index in [0.717, 1.165) is 23.3 Å². The number of alkyl halides is 3. The Hall–Kier alpha value is -2.89. The number of nitrogens with zero attached hydrogens (tertiary/aromatic N) is 1. The Labute approximate surface area is 166 Å². The highest BCUT2D eigenvalue weighted by Gasteiger charge is 2.40. The molecule has 2 aromatic rings. The number of hydrogen-bond acceptors (Lipinski definition) is 2. The van der Waals surface area contributed by atoms with Crippen LogP contribution < -0.4 is 4.90 Å². The van der Waals surface area contributed by atoms with Gasteiger partial charge in [0.15, 0.2) is 5.78 Å². The molecule has 0 aromatic heterocycles. The van der Waals surface area contributed by atoms with Crippen LogP contribution in [0.5, 0.6) is 0 Å². The molecule has 1 heterocycles. The van der Waals surface area contributed by atoms with Crippen LogP contribution in [0.15, 0.2) is 59.8 Å². The van der Waals surface area contributed by atoms with E-state index < -0.39 is 11.7 Å². The summed E-state index contributed by atoms with van der Waals surface area (Å²) in [5.74, 6) is -0.669. The molecule has 0 saturated heterocycles. The number of aryl methyl sites for hydroxylation is 1. The standard InChI is InChI=1S/C23H20F3NO2/c1-14-8-10-15(11-9-14)18-13-21(29)27(19-6-3-7-20(28)22(18)19)17-5-2-4-16(12-17)23(24,25)26/h2,4-5,8-12,18H,3,6-7,13H2,1H3. The molecular formula is C23H20F3NO2. The second-order valence-corrected chi connectivity index (χ2v) is 7.58. The number of benzene rings is 2. The predicted molar refractivity (Wildman–Crippen MR) is 103 cm³/mol. The first-order valence-corrected chi connectivity index (χ1v) is 9.59. The van der Waals surface area contributed by atoms with Crippen LogP contribution in [-0.4, -0.2) is 11.7 Å². The molecule has 6 heteroatoms. The van der Waals surface area contributed by atoms with Crippen LogP contribution in [0, 0.1) is 6.92 Å². The van der Waals surface area contributed by atoms with Crippen molar-refractivity contribution in [3.05, 3.63) is 76.5 Å². The summed E-state index contributed by atoms with van der Waals surface area (Å²) in [6.07, 6.45) is -2.97. The maximum atomic E-state index is 13.2. The van der Waals surface area contributed by atoms with Crippen molar-refractivity contribution in [3.8, 4) is 0 Å². The zero-order valence-corrected chi connectivity index (χ0v) is 15.9. The first-order chi connectivity index (χ1) is 13.8. The number of amides is 1. The third kappa shape index (κ3) is 3.59. The summed E-state index contributed by atoms with van der Waals surface area (Å²) in [4.78, 5) is 27.2. The maximum absolute atomic E-state index is 13.2. The molecule has 2 aromatic carbocycles. The topological polar surface area (TPSA) is 37.4 Å². The van der Waals surface area contributed by atoms with Gasteiger partial charge in [-0.15, -0.1) is 0 Å². The summed E-state index contributed by atoms with van der Waals surface area (Å²) >= 11 is 0. The smallest absolute Gasteiger partial charge is 0.294 e. The molecule has 2 aliphatic rings. The number of carbonyl (C=O) groups is 2. The van der Waals surface area contributed by atoms with Gasteiger partial charge < -0.3 is 0 Å². The SMILES string of the molecule is Cc1ccc(C2CC(=O)N(c3cccc(C(F)(F)F)c3)C3=C2C(=O)CCC3)cc1. The predicted octanol–water partition coefficient (Wildman–Crippen LogP) is 5.54. The molecule has 29 heavy (non-hydrogen) atoms. The van der Waals surface area contributed by atoms with Gasteiger partial charge in [0.2, 0.25) is 5.91 Å². The molecule has 0 radical (unpaired) electrons. The largest absolute Gasteiger partial charge is 0.416 e. The first-order valence-electron chi connectivity index (χ1n) is 9.59. The number of allylic oxidation sites excluding steroid dienone is 2. The Bertz CT molecular complexity index is 1010. The Kier molecular flexibility index (Phi) is 4.81. The lowest BCUT2D eigenvalue weighted by Crippen LogP contribution is -2.40. The van der Waals surface area contributed by atoms with E-state index in [2.05, 4.69) is 0 Å². The second kappa shape index (κ2) is 7.17. The van der Waals surface area contributed by atoms with Gasteiger partial charge in [-0.25, -0.2) is 0 Å². The van der Waals surface area contributed by atoms with E-state index in [1.807, 2.05) is 31.2 Å². The summed E-state index contributed by atoms with van der Waals surface area (Å²) < 4.78 is 39.5. The van der Waals surface area contributed by atoms with Crippen molar-refractivity contribution in [2.75, 3.05) is 4.90 Å². The van der Waals surface area contributed by atoms with Crippen LogP contribution in [0.3, 0.4) is 0 Å². The normalized spacial score (nSPS) is 20.1. The molecule has 4 rings (SSSR count). The van der Waals surface area contributed by atoms with E-state index in [9.17, 15) is 22.8 Å². The molecule has 1 amide bonds. The highest BCUT2D eigenvalue weighted by Crippen LogP contribution is 2.44. The number of carbonyl (C=O) groups excluding carboxylic acids is 2. The van der Waals surface area contributed by atoms with Gasteiger partial charge in [0.25, 0.3) is 0 Å². The molecular weight excluding hydrogens is 379 g/mol. The van der Waals surface area contributed by atoms with Crippen LogP contribution in [0.2, 0.25) is 0 Å². The lowest BCUT2D eigenvalue weighted by molar-refractivity contribution is -0.137. The quantitative estimate of drug-likeness (QED) is 0.665. The average molecular weight is 399 g/mol. The fraction of sp³-hybridized carbons (Fsp3) is 0.304. The van der Waals surface area contributed by atoms with Gasteiger partial charge in [-0.05, 0) is 43.5 Å². The highest BCUT2D eigenvalue weighted by molar-refractivity contribution is 6.07. The highest BCUT2D eigenvalue weighted by atomic mass is 19.4. The molecule has 0 saturated carbocycles. The lowest BCUT2D eigenvalue weighted by Gasteiger charge is -2.38. The summed E-state index contributed by atoms with van der Waals surface area (Å²) in [5.41, 5.74) is 2.42. The van der Waals surface area contributed by atoms with Gasteiger partial charge >= 0.3 is 6.18 Å². The van der Waals surface area contributed by atoms with E-state index in [0.29, 0.717) is 30.5 Å². The molecule has 1 atom stereocenters. The summed E-state index contributed by atoms with van der Waals surface area (Å²) in [6, 6.07) is 12.5. The van der Waals surface area contributed by atoms with E-state index in [4.69, 9.17) is 0 Å². The minimum absolute atomic E-state index is 0.0266. The monoisotopic (exact) mass is 399 g/mol. The molecule has 0 N–H and O–H groups in total. The maximum Gasteiger partial charge on any atom is 0.416 e. The van der Waals surface area contributed by atoms with E-state index in [1.54, 1.807) is 0 Å². The molecule has 1 aliphatic heterocycles. The van der Waals surface area contributed by atoms with Gasteiger partial charge in [0.05, 0.1) is 5.56 Å². The fourth-order valence-electron chi connectivity index (χ4n) is 4.20. The number of Topliss-reactive ketones (excluding diaryl/α,β-unsaturated/α-hetero) is 1. The van der Waals surface area contributed by atoms with Gasteiger partial charge in [-0.1, -0.05) is 35.9 Å². The molecule has 3 nitrogen and oxygen atoms in total. The van der Waals surface area contributed by atoms with Crippen molar-refractivity contribution in [1.29, 1.82) is 0 Å². The van der Waals surface area contributed by atoms with Crippen LogP contribution in [0.4, 0.5) is 18.9 Å². The number of ketones is 1.